The van der Waals surface area contributed by atoms with Crippen molar-refractivity contribution in [1.82, 2.24) is 4.90 Å². The first-order valence-corrected chi connectivity index (χ1v) is 7.38. The van der Waals surface area contributed by atoms with E-state index in [1.807, 2.05) is 6.07 Å². The summed E-state index contributed by atoms with van der Waals surface area (Å²) in [6, 6.07) is 6.17. The van der Waals surface area contributed by atoms with E-state index in [2.05, 4.69) is 10.2 Å². The van der Waals surface area contributed by atoms with E-state index in [1.165, 1.54) is 25.5 Å². The Labute approximate surface area is 119 Å². The highest BCUT2D eigenvalue weighted by atomic mass is 19.1. The second-order valence-corrected chi connectivity index (χ2v) is 5.94. The van der Waals surface area contributed by atoms with Crippen molar-refractivity contribution in [2.45, 2.75) is 44.7 Å². The summed E-state index contributed by atoms with van der Waals surface area (Å²) in [7, 11) is 0. The molecule has 0 spiro atoms. The van der Waals surface area contributed by atoms with Gasteiger partial charge in [-0.05, 0) is 51.3 Å². The Morgan fingerprint density at radius 1 is 1.35 bits per heavy atom. The minimum absolute atomic E-state index is 0.301. The molecule has 2 aliphatic rings. The molecule has 2 fully saturated rings. The molecule has 2 saturated heterocycles. The van der Waals surface area contributed by atoms with Crippen LogP contribution in [-0.2, 0) is 0 Å². The van der Waals surface area contributed by atoms with Crippen molar-refractivity contribution in [3.05, 3.63) is 29.1 Å². The smallest absolute Gasteiger partial charge is 0.129 e. The molecule has 2 atom stereocenters. The average Bonchev–Trinajstić information content (AvgIpc) is 2.91. The van der Waals surface area contributed by atoms with Crippen molar-refractivity contribution < 1.29 is 4.39 Å². The second kappa shape index (κ2) is 5.41. The van der Waals surface area contributed by atoms with Gasteiger partial charge >= 0.3 is 0 Å². The number of anilines is 1. The molecule has 2 heterocycles. The van der Waals surface area contributed by atoms with Crippen LogP contribution in [0.25, 0.3) is 0 Å². The van der Waals surface area contributed by atoms with Crippen LogP contribution in [-0.4, -0.2) is 30.1 Å². The lowest BCUT2D eigenvalue weighted by molar-refractivity contribution is 0.188. The van der Waals surface area contributed by atoms with Crippen LogP contribution < -0.4 is 5.32 Å². The van der Waals surface area contributed by atoms with Gasteiger partial charge in [-0.25, -0.2) is 4.39 Å². The lowest BCUT2D eigenvalue weighted by atomic mass is 9.97. The fourth-order valence-corrected chi connectivity index (χ4v) is 3.47. The van der Waals surface area contributed by atoms with Crippen LogP contribution in [0, 0.1) is 24.1 Å². The fourth-order valence-electron chi connectivity index (χ4n) is 3.47. The highest BCUT2D eigenvalue weighted by Crippen LogP contribution is 2.30. The topological polar surface area (TPSA) is 39.1 Å². The normalized spacial score (nSPS) is 26.1. The van der Waals surface area contributed by atoms with E-state index in [0.717, 1.165) is 25.1 Å². The van der Waals surface area contributed by atoms with Crippen molar-refractivity contribution in [2.24, 2.45) is 0 Å². The first kappa shape index (κ1) is 13.4. The summed E-state index contributed by atoms with van der Waals surface area (Å²) < 4.78 is 13.8. The van der Waals surface area contributed by atoms with Crippen LogP contribution in [0.3, 0.4) is 0 Å². The number of piperidine rings is 1. The Morgan fingerprint density at radius 2 is 2.20 bits per heavy atom. The molecule has 3 nitrogen and oxygen atoms in total. The number of fused-ring (bicyclic) bond motifs is 1. The van der Waals surface area contributed by atoms with Crippen LogP contribution in [0.5, 0.6) is 0 Å². The molecule has 2 aliphatic heterocycles. The quantitative estimate of drug-likeness (QED) is 0.900. The molecule has 0 aromatic heterocycles. The van der Waals surface area contributed by atoms with Crippen LogP contribution in [0.15, 0.2) is 12.1 Å². The van der Waals surface area contributed by atoms with Gasteiger partial charge in [-0.3, -0.25) is 0 Å². The first-order chi connectivity index (χ1) is 9.67. The van der Waals surface area contributed by atoms with Gasteiger partial charge in [0.2, 0.25) is 0 Å². The zero-order valence-electron chi connectivity index (χ0n) is 11.8. The van der Waals surface area contributed by atoms with Gasteiger partial charge in [0.25, 0.3) is 0 Å². The highest BCUT2D eigenvalue weighted by Gasteiger charge is 2.31. The van der Waals surface area contributed by atoms with E-state index in [-0.39, 0.29) is 5.82 Å². The maximum absolute atomic E-state index is 13.8. The highest BCUT2D eigenvalue weighted by molar-refractivity contribution is 5.56. The summed E-state index contributed by atoms with van der Waals surface area (Å²) in [5.74, 6) is -0.301. The second-order valence-electron chi connectivity index (χ2n) is 5.94. The molecule has 1 N–H and O–H groups in total. The minimum Gasteiger partial charge on any atom is -0.382 e. The largest absolute Gasteiger partial charge is 0.382 e. The van der Waals surface area contributed by atoms with Gasteiger partial charge in [0, 0.05) is 29.9 Å². The lowest BCUT2D eigenvalue weighted by Gasteiger charge is -2.35. The molecule has 0 aliphatic carbocycles. The summed E-state index contributed by atoms with van der Waals surface area (Å²) in [6.45, 7) is 4.13. The van der Waals surface area contributed by atoms with Gasteiger partial charge in [-0.2, -0.15) is 5.26 Å². The number of nitriles is 1. The van der Waals surface area contributed by atoms with Crippen molar-refractivity contribution in [1.29, 1.82) is 5.26 Å². The van der Waals surface area contributed by atoms with E-state index in [1.54, 1.807) is 13.0 Å². The molecule has 1 aromatic rings. The van der Waals surface area contributed by atoms with Gasteiger partial charge in [0.15, 0.2) is 0 Å². The zero-order chi connectivity index (χ0) is 14.1. The van der Waals surface area contributed by atoms with E-state index in [9.17, 15) is 4.39 Å². The van der Waals surface area contributed by atoms with E-state index >= 15 is 0 Å². The Hall–Kier alpha value is -1.60. The van der Waals surface area contributed by atoms with Crippen LogP contribution in [0.4, 0.5) is 10.1 Å². The summed E-state index contributed by atoms with van der Waals surface area (Å²) in [5, 5.41) is 12.4. The number of rotatable bonds is 2. The maximum Gasteiger partial charge on any atom is 0.129 e. The molecule has 4 heteroatoms. The average molecular weight is 273 g/mol. The summed E-state index contributed by atoms with van der Waals surface area (Å²) >= 11 is 0. The summed E-state index contributed by atoms with van der Waals surface area (Å²) in [5.41, 5.74) is 1.77. The lowest BCUT2D eigenvalue weighted by Crippen LogP contribution is -2.42. The van der Waals surface area contributed by atoms with E-state index < -0.39 is 0 Å². The number of hydrogen-bond acceptors (Lipinski definition) is 3. The number of hydrogen-bond donors (Lipinski definition) is 1. The third-order valence-corrected chi connectivity index (χ3v) is 4.65. The molecule has 1 aromatic carbocycles. The molecule has 0 bridgehead atoms. The predicted octanol–water partition coefficient (Wildman–Crippen LogP) is 3.04. The monoisotopic (exact) mass is 273 g/mol. The van der Waals surface area contributed by atoms with Crippen LogP contribution in [0.1, 0.15) is 36.8 Å². The van der Waals surface area contributed by atoms with Gasteiger partial charge in [-0.15, -0.1) is 0 Å². The number of nitrogens with zero attached hydrogens (tertiary/aromatic N) is 2. The molecule has 0 amide bonds. The van der Waals surface area contributed by atoms with Crippen LogP contribution in [0.2, 0.25) is 0 Å². The maximum atomic E-state index is 13.8. The molecule has 0 saturated carbocycles. The Kier molecular flexibility index (Phi) is 3.62. The van der Waals surface area contributed by atoms with E-state index in [4.69, 9.17) is 5.26 Å². The Bertz CT molecular complexity index is 549. The number of nitrogens with one attached hydrogen (secondary N) is 1. The van der Waals surface area contributed by atoms with E-state index in [0.29, 0.717) is 23.2 Å². The Morgan fingerprint density at radius 3 is 3.00 bits per heavy atom. The molecule has 106 valence electrons. The fraction of sp³-hybridized carbons (Fsp3) is 0.562. The molecular weight excluding hydrogens is 253 g/mol. The zero-order valence-corrected chi connectivity index (χ0v) is 11.8. The van der Waals surface area contributed by atoms with Gasteiger partial charge < -0.3 is 10.2 Å². The molecule has 0 radical (unpaired) electrons. The Balaban J connectivity index is 1.75. The summed E-state index contributed by atoms with van der Waals surface area (Å²) in [4.78, 5) is 2.57. The molecule has 2 unspecified atom stereocenters. The summed E-state index contributed by atoms with van der Waals surface area (Å²) in [6.07, 6.45) is 4.80. The van der Waals surface area contributed by atoms with Crippen LogP contribution >= 0.6 is 0 Å². The van der Waals surface area contributed by atoms with Gasteiger partial charge in [-0.1, -0.05) is 0 Å². The minimum atomic E-state index is -0.301. The molecule has 20 heavy (non-hydrogen) atoms. The standard InChI is InChI=1S/C16H20FN3/c1-11-15(17)7-12(10-18)8-16(11)19-13-4-6-20-5-2-3-14(20)9-13/h7-8,13-14,19H,2-6,9H2,1H3. The predicted molar refractivity (Wildman–Crippen MR) is 77.1 cm³/mol. The van der Waals surface area contributed by atoms with Crippen molar-refractivity contribution in [3.8, 4) is 6.07 Å². The SMILES string of the molecule is Cc1c(F)cc(C#N)cc1NC1CCN2CCCC2C1. The first-order valence-electron chi connectivity index (χ1n) is 7.38. The van der Waals surface area contributed by atoms with Crippen molar-refractivity contribution in [3.63, 3.8) is 0 Å². The number of halogens is 1. The van der Waals surface area contributed by atoms with Crippen molar-refractivity contribution in [2.75, 3.05) is 18.4 Å². The third-order valence-electron chi connectivity index (χ3n) is 4.65. The number of benzene rings is 1. The molecule has 3 rings (SSSR count). The van der Waals surface area contributed by atoms with Crippen molar-refractivity contribution >= 4 is 5.69 Å². The van der Waals surface area contributed by atoms with Gasteiger partial charge in [0.05, 0.1) is 11.6 Å². The third kappa shape index (κ3) is 2.51. The van der Waals surface area contributed by atoms with Gasteiger partial charge in [0.1, 0.15) is 5.82 Å². The molecular formula is C16H20FN3.